The second kappa shape index (κ2) is 12.4. The average molecular weight is 539 g/mol. The maximum absolute atomic E-state index is 13.7. The van der Waals surface area contributed by atoms with Crippen LogP contribution in [0.25, 0.3) is 0 Å². The predicted octanol–water partition coefficient (Wildman–Crippen LogP) is 0.350. The molecular weight excluding hydrogens is 504 g/mol. The fourth-order valence-electron chi connectivity index (χ4n) is 4.90. The quantitative estimate of drug-likeness (QED) is 0.364. The normalized spacial score (nSPS) is 28.7. The van der Waals surface area contributed by atoms with E-state index in [2.05, 4.69) is 20.9 Å². The van der Waals surface area contributed by atoms with E-state index in [-0.39, 0.29) is 36.0 Å². The number of nitrogens with zero attached hydrogens (tertiary/aromatic N) is 1. The van der Waals surface area contributed by atoms with Crippen LogP contribution in [0.3, 0.4) is 0 Å². The zero-order chi connectivity index (χ0) is 28.1. The van der Waals surface area contributed by atoms with Gasteiger partial charge in [-0.15, -0.1) is 0 Å². The van der Waals surface area contributed by atoms with Crippen LogP contribution in [-0.2, 0) is 25.5 Å². The van der Waals surface area contributed by atoms with Crippen molar-refractivity contribution in [1.29, 1.82) is 0 Å². The molecule has 0 bridgehead atoms. The van der Waals surface area contributed by atoms with Gasteiger partial charge in [0.15, 0.2) is 11.5 Å². The molecule has 11 heteroatoms. The molecule has 2 saturated heterocycles. The lowest BCUT2D eigenvalue weighted by molar-refractivity contribution is -0.140. The lowest BCUT2D eigenvalue weighted by Gasteiger charge is -2.37. The Kier molecular flexibility index (Phi) is 8.93. The molecule has 11 nitrogen and oxygen atoms in total. The van der Waals surface area contributed by atoms with Gasteiger partial charge in [0, 0.05) is 18.5 Å². The first kappa shape index (κ1) is 28.2. The number of aliphatic hydroxyl groups is 1. The van der Waals surface area contributed by atoms with Crippen LogP contribution in [0.4, 0.5) is 0 Å². The first-order chi connectivity index (χ1) is 18.7. The summed E-state index contributed by atoms with van der Waals surface area (Å²) in [6.07, 6.45) is 0.146. The summed E-state index contributed by atoms with van der Waals surface area (Å²) in [5.74, 6) is -4.45. The Labute approximate surface area is 226 Å². The van der Waals surface area contributed by atoms with E-state index in [0.29, 0.717) is 13.2 Å². The minimum absolute atomic E-state index is 0.117. The Morgan fingerprint density at radius 3 is 2.41 bits per heavy atom. The van der Waals surface area contributed by atoms with E-state index in [1.54, 1.807) is 13.8 Å². The number of Topliss-reactive ketones (excluding diaryl/α,β-unsaturated/α-hetero) is 1. The Morgan fingerprint density at radius 1 is 1.05 bits per heavy atom. The van der Waals surface area contributed by atoms with Crippen molar-refractivity contribution in [2.24, 2.45) is 17.8 Å². The number of rotatable bonds is 5. The van der Waals surface area contributed by atoms with Crippen LogP contribution in [0.5, 0.6) is 5.75 Å². The Morgan fingerprint density at radius 2 is 1.77 bits per heavy atom. The van der Waals surface area contributed by atoms with Gasteiger partial charge in [-0.25, -0.2) is 4.98 Å². The van der Waals surface area contributed by atoms with E-state index in [0.717, 1.165) is 5.56 Å². The average Bonchev–Trinajstić information content (AvgIpc) is 2.89. The van der Waals surface area contributed by atoms with E-state index in [1.807, 2.05) is 30.3 Å². The highest BCUT2D eigenvalue weighted by Crippen LogP contribution is 2.23. The van der Waals surface area contributed by atoms with Crippen LogP contribution in [-0.4, -0.2) is 76.1 Å². The lowest BCUT2D eigenvalue weighted by atomic mass is 9.85. The molecule has 2 fully saturated rings. The van der Waals surface area contributed by atoms with Gasteiger partial charge in [-0.1, -0.05) is 44.2 Å². The predicted molar refractivity (Wildman–Crippen MR) is 139 cm³/mol. The van der Waals surface area contributed by atoms with Gasteiger partial charge < -0.3 is 30.9 Å². The number of carbonyl (C=O) groups excluding carboxylic acids is 4. The summed E-state index contributed by atoms with van der Waals surface area (Å²) < 4.78 is 5.25. The fourth-order valence-corrected chi connectivity index (χ4v) is 4.90. The number of nitrogens with one attached hydrogen (secondary N) is 3. The number of hydrogen-bond donors (Lipinski definition) is 5. The molecule has 2 aromatic rings. The molecule has 1 aromatic heterocycles. The van der Waals surface area contributed by atoms with Crippen LogP contribution in [0.1, 0.15) is 36.3 Å². The number of pyridine rings is 1. The summed E-state index contributed by atoms with van der Waals surface area (Å²) in [4.78, 5) is 57.1. The third-order valence-electron chi connectivity index (χ3n) is 7.41. The number of amides is 3. The molecule has 4 rings (SSSR count). The SMILES string of the molecule is C[C@H]1CC(=O)C(C2COC2)NC(=O)[C@H](C)[C@H](O)[C@H](Cc2ccccc2)NC(=O)[C@H]1NC(=O)c1ncccc1O. The van der Waals surface area contributed by atoms with Crippen molar-refractivity contribution in [2.75, 3.05) is 13.2 Å². The number of ketones is 1. The van der Waals surface area contributed by atoms with Gasteiger partial charge in [0.2, 0.25) is 11.8 Å². The summed E-state index contributed by atoms with van der Waals surface area (Å²) in [7, 11) is 0. The zero-order valence-corrected chi connectivity index (χ0v) is 21.9. The highest BCUT2D eigenvalue weighted by molar-refractivity contribution is 5.98. The van der Waals surface area contributed by atoms with Crippen LogP contribution in [0.15, 0.2) is 48.7 Å². The third kappa shape index (κ3) is 6.61. The van der Waals surface area contributed by atoms with Gasteiger partial charge in [0.05, 0.1) is 37.3 Å². The first-order valence-corrected chi connectivity index (χ1v) is 13.0. The highest BCUT2D eigenvalue weighted by Gasteiger charge is 2.41. The number of benzene rings is 1. The van der Waals surface area contributed by atoms with Crippen molar-refractivity contribution >= 4 is 23.5 Å². The van der Waals surface area contributed by atoms with Crippen molar-refractivity contribution in [1.82, 2.24) is 20.9 Å². The molecule has 3 amide bonds. The fraction of sp³-hybridized carbons (Fsp3) is 0.464. The summed E-state index contributed by atoms with van der Waals surface area (Å²) in [5.41, 5.74) is 0.564. The topological polar surface area (TPSA) is 167 Å². The molecule has 0 spiro atoms. The van der Waals surface area contributed by atoms with Crippen molar-refractivity contribution in [2.45, 2.75) is 50.9 Å². The Hall–Kier alpha value is -3.83. The van der Waals surface area contributed by atoms with Gasteiger partial charge in [0.25, 0.3) is 5.91 Å². The Bertz CT molecular complexity index is 1200. The zero-order valence-electron chi connectivity index (χ0n) is 21.9. The molecule has 3 heterocycles. The minimum Gasteiger partial charge on any atom is -0.505 e. The standard InChI is InChI=1S/C28H34N4O7/c1-15-11-21(34)23(18-13-39-14-18)32-26(36)16(2)25(35)19(12-17-7-4-3-5-8-17)30-27(37)22(15)31-28(38)24-20(33)9-6-10-29-24/h3-10,15-16,18-19,22-23,25,33,35H,11-14H2,1-2H3,(H,30,37)(H,31,38)(H,32,36)/t15-,16+,19-,22-,23?,25-/m0/s1. The number of carbonyl (C=O) groups is 4. The first-order valence-electron chi connectivity index (χ1n) is 13.0. The van der Waals surface area contributed by atoms with Crippen LogP contribution < -0.4 is 16.0 Å². The molecule has 0 aliphatic carbocycles. The van der Waals surface area contributed by atoms with Gasteiger partial charge in [0.1, 0.15) is 11.8 Å². The number of hydrogen-bond acceptors (Lipinski definition) is 8. The van der Waals surface area contributed by atoms with Crippen molar-refractivity contribution in [3.05, 3.63) is 59.9 Å². The Balaban J connectivity index is 1.67. The summed E-state index contributed by atoms with van der Waals surface area (Å²) in [6.45, 7) is 3.80. The van der Waals surface area contributed by atoms with Crippen molar-refractivity contribution in [3.63, 3.8) is 0 Å². The van der Waals surface area contributed by atoms with E-state index in [1.165, 1.54) is 18.3 Å². The molecule has 1 aromatic carbocycles. The van der Waals surface area contributed by atoms with E-state index < -0.39 is 53.8 Å². The lowest BCUT2D eigenvalue weighted by Crippen LogP contribution is -2.60. The largest absolute Gasteiger partial charge is 0.505 e. The molecular formula is C28H34N4O7. The molecule has 2 aliphatic rings. The molecule has 208 valence electrons. The smallest absolute Gasteiger partial charge is 0.274 e. The maximum Gasteiger partial charge on any atom is 0.274 e. The molecule has 0 saturated carbocycles. The minimum atomic E-state index is -1.30. The van der Waals surface area contributed by atoms with Crippen LogP contribution in [0.2, 0.25) is 0 Å². The summed E-state index contributed by atoms with van der Waals surface area (Å²) in [5, 5.41) is 29.6. The molecule has 39 heavy (non-hydrogen) atoms. The monoisotopic (exact) mass is 538 g/mol. The number of aromatic hydroxyl groups is 1. The second-order valence-electron chi connectivity index (χ2n) is 10.3. The number of aromatic nitrogens is 1. The van der Waals surface area contributed by atoms with Crippen LogP contribution in [0, 0.1) is 17.8 Å². The van der Waals surface area contributed by atoms with Gasteiger partial charge in [-0.3, -0.25) is 19.2 Å². The maximum atomic E-state index is 13.7. The second-order valence-corrected chi connectivity index (χ2v) is 10.3. The van der Waals surface area contributed by atoms with Crippen molar-refractivity contribution in [3.8, 4) is 5.75 Å². The number of ether oxygens (including phenoxy) is 1. The molecule has 0 radical (unpaired) electrons. The summed E-state index contributed by atoms with van der Waals surface area (Å²) in [6, 6.07) is 9.03. The van der Waals surface area contributed by atoms with Gasteiger partial charge >= 0.3 is 0 Å². The van der Waals surface area contributed by atoms with E-state index in [9.17, 15) is 29.4 Å². The van der Waals surface area contributed by atoms with Crippen LogP contribution >= 0.6 is 0 Å². The van der Waals surface area contributed by atoms with Gasteiger partial charge in [-0.05, 0) is 30.0 Å². The van der Waals surface area contributed by atoms with Crippen molar-refractivity contribution < 1.29 is 34.1 Å². The summed E-state index contributed by atoms with van der Waals surface area (Å²) >= 11 is 0. The molecule has 1 unspecified atom stereocenters. The number of aliphatic hydroxyl groups excluding tert-OH is 1. The highest BCUT2D eigenvalue weighted by atomic mass is 16.5. The van der Waals surface area contributed by atoms with E-state index in [4.69, 9.17) is 4.74 Å². The van der Waals surface area contributed by atoms with Gasteiger partial charge in [-0.2, -0.15) is 0 Å². The molecule has 6 atom stereocenters. The molecule has 5 N–H and O–H groups in total. The molecule has 2 aliphatic heterocycles. The third-order valence-corrected chi connectivity index (χ3v) is 7.41. The van der Waals surface area contributed by atoms with E-state index >= 15 is 0 Å².